The van der Waals surface area contributed by atoms with Gasteiger partial charge in [-0.05, 0) is 25.7 Å². The summed E-state index contributed by atoms with van der Waals surface area (Å²) in [6, 6.07) is 0.939. The molecule has 0 unspecified atom stereocenters. The molecule has 2 aromatic rings. The van der Waals surface area contributed by atoms with E-state index < -0.39 is 23.7 Å². The van der Waals surface area contributed by atoms with Crippen LogP contribution in [0.3, 0.4) is 0 Å². The van der Waals surface area contributed by atoms with Crippen LogP contribution in [-0.2, 0) is 24.6 Å². The van der Waals surface area contributed by atoms with Crippen molar-refractivity contribution >= 4 is 5.91 Å². The monoisotopic (exact) mass is 426 g/mol. The molecule has 162 valence electrons. The van der Waals surface area contributed by atoms with Crippen LogP contribution in [0.1, 0.15) is 49.2 Å². The van der Waals surface area contributed by atoms with Gasteiger partial charge in [0.05, 0.1) is 18.1 Å². The second-order valence-corrected chi connectivity index (χ2v) is 7.77. The first kappa shape index (κ1) is 20.4. The summed E-state index contributed by atoms with van der Waals surface area (Å²) in [7, 11) is 1.04. The van der Waals surface area contributed by atoms with Gasteiger partial charge in [-0.15, -0.1) is 5.10 Å². The van der Waals surface area contributed by atoms with Crippen molar-refractivity contribution in [2.45, 2.75) is 50.4 Å². The molecule has 3 heterocycles. The molecule has 30 heavy (non-hydrogen) atoms. The van der Waals surface area contributed by atoms with E-state index in [1.165, 1.54) is 21.9 Å². The molecular formula is C18H21F3N6O3. The fourth-order valence-corrected chi connectivity index (χ4v) is 3.71. The highest BCUT2D eigenvalue weighted by molar-refractivity contribution is 5.76. The Balaban J connectivity index is 1.39. The van der Waals surface area contributed by atoms with E-state index >= 15 is 0 Å². The number of likely N-dealkylation sites (tertiary alicyclic amines) is 1. The minimum atomic E-state index is -4.72. The van der Waals surface area contributed by atoms with E-state index in [2.05, 4.69) is 10.1 Å². The van der Waals surface area contributed by atoms with E-state index in [0.29, 0.717) is 23.3 Å². The third kappa shape index (κ3) is 3.90. The Morgan fingerprint density at radius 3 is 2.37 bits per heavy atom. The van der Waals surface area contributed by atoms with E-state index in [1.54, 1.807) is 0 Å². The molecule has 1 saturated heterocycles. The van der Waals surface area contributed by atoms with E-state index in [9.17, 15) is 27.6 Å². The van der Waals surface area contributed by atoms with E-state index in [1.807, 2.05) is 0 Å². The molecule has 1 saturated carbocycles. The number of carbonyl (C=O) groups is 1. The average molecular weight is 426 g/mol. The van der Waals surface area contributed by atoms with E-state index in [0.717, 1.165) is 30.3 Å². The van der Waals surface area contributed by atoms with Crippen molar-refractivity contribution in [2.24, 2.45) is 7.05 Å². The summed E-state index contributed by atoms with van der Waals surface area (Å²) in [6.45, 7) is 0.371. The fourth-order valence-electron chi connectivity index (χ4n) is 3.71. The standard InChI is InChI=1S/C18H21F3N6O3/c1-24-16(18(19,20)21)23-27(17(24)30)12-4-6-25(7-5-12)15(29)9-26-10-22-13(8-14(26)28)11-2-3-11/h8,10-12H,2-7,9H2,1H3. The van der Waals surface area contributed by atoms with Crippen LogP contribution in [0, 0.1) is 0 Å². The minimum Gasteiger partial charge on any atom is -0.341 e. The van der Waals surface area contributed by atoms with Crippen LogP contribution in [0.15, 0.2) is 22.0 Å². The number of amides is 1. The number of rotatable bonds is 4. The summed E-state index contributed by atoms with van der Waals surface area (Å²) in [5.41, 5.74) is -0.362. The van der Waals surface area contributed by atoms with Crippen molar-refractivity contribution in [3.05, 3.63) is 44.8 Å². The number of halogens is 3. The lowest BCUT2D eigenvalue weighted by molar-refractivity contribution is -0.147. The maximum atomic E-state index is 13.0. The molecule has 12 heteroatoms. The van der Waals surface area contributed by atoms with Crippen LogP contribution in [0.5, 0.6) is 0 Å². The Labute approximate surface area is 168 Å². The summed E-state index contributed by atoms with van der Waals surface area (Å²) in [6.07, 6.45) is -0.692. The molecule has 2 aromatic heterocycles. The molecular weight excluding hydrogens is 405 g/mol. The quantitative estimate of drug-likeness (QED) is 0.724. The van der Waals surface area contributed by atoms with Gasteiger partial charge in [0.25, 0.3) is 5.56 Å². The van der Waals surface area contributed by atoms with Crippen LogP contribution in [0.4, 0.5) is 13.2 Å². The Hall–Kier alpha value is -2.92. The van der Waals surface area contributed by atoms with Crippen LogP contribution in [0.25, 0.3) is 0 Å². The number of hydrogen-bond donors (Lipinski definition) is 0. The molecule has 1 aliphatic carbocycles. The van der Waals surface area contributed by atoms with Crippen molar-refractivity contribution < 1.29 is 18.0 Å². The normalized spacial score (nSPS) is 18.1. The summed E-state index contributed by atoms with van der Waals surface area (Å²) in [5, 5.41) is 3.47. The molecule has 4 rings (SSSR count). The van der Waals surface area contributed by atoms with Gasteiger partial charge in [-0.25, -0.2) is 14.5 Å². The zero-order valence-electron chi connectivity index (χ0n) is 16.3. The van der Waals surface area contributed by atoms with E-state index in [4.69, 9.17) is 0 Å². The minimum absolute atomic E-state index is 0.150. The topological polar surface area (TPSA) is 95.0 Å². The molecule has 0 radical (unpaired) electrons. The summed E-state index contributed by atoms with van der Waals surface area (Å²) < 4.78 is 41.5. The molecule has 0 N–H and O–H groups in total. The Kier molecular flexibility index (Phi) is 5.02. The Morgan fingerprint density at radius 2 is 1.83 bits per heavy atom. The zero-order valence-corrected chi connectivity index (χ0v) is 16.3. The molecule has 2 aliphatic rings. The zero-order chi connectivity index (χ0) is 21.6. The smallest absolute Gasteiger partial charge is 0.341 e. The molecule has 9 nitrogen and oxygen atoms in total. The van der Waals surface area contributed by atoms with Crippen LogP contribution >= 0.6 is 0 Å². The molecule has 0 bridgehead atoms. The predicted octanol–water partition coefficient (Wildman–Crippen LogP) is 0.898. The van der Waals surface area contributed by atoms with Crippen molar-refractivity contribution in [3.8, 4) is 0 Å². The summed E-state index contributed by atoms with van der Waals surface area (Å²) in [5.74, 6) is -1.18. The number of piperidine rings is 1. The van der Waals surface area contributed by atoms with Crippen molar-refractivity contribution in [1.29, 1.82) is 0 Å². The van der Waals surface area contributed by atoms with Crippen LogP contribution in [-0.4, -0.2) is 47.8 Å². The first-order chi connectivity index (χ1) is 14.1. The average Bonchev–Trinajstić information content (AvgIpc) is 3.49. The highest BCUT2D eigenvalue weighted by Gasteiger charge is 2.39. The van der Waals surface area contributed by atoms with Crippen LogP contribution in [0.2, 0.25) is 0 Å². The van der Waals surface area contributed by atoms with Gasteiger partial charge in [0.1, 0.15) is 6.54 Å². The predicted molar refractivity (Wildman–Crippen MR) is 97.8 cm³/mol. The second-order valence-electron chi connectivity index (χ2n) is 7.77. The number of nitrogens with zero attached hydrogens (tertiary/aromatic N) is 6. The van der Waals surface area contributed by atoms with E-state index in [-0.39, 0.29) is 31.1 Å². The highest BCUT2D eigenvalue weighted by atomic mass is 19.4. The fraction of sp³-hybridized carbons (Fsp3) is 0.611. The van der Waals surface area contributed by atoms with Gasteiger partial charge in [0.15, 0.2) is 0 Å². The summed E-state index contributed by atoms with van der Waals surface area (Å²) in [4.78, 5) is 42.7. The molecule has 2 fully saturated rings. The number of carbonyl (C=O) groups excluding carboxylic acids is 1. The lowest BCUT2D eigenvalue weighted by Gasteiger charge is -2.31. The third-order valence-corrected chi connectivity index (χ3v) is 5.62. The molecule has 1 amide bonds. The van der Waals surface area contributed by atoms with Gasteiger partial charge in [-0.2, -0.15) is 13.2 Å². The third-order valence-electron chi connectivity index (χ3n) is 5.62. The first-order valence-electron chi connectivity index (χ1n) is 9.72. The van der Waals surface area contributed by atoms with Gasteiger partial charge in [0.2, 0.25) is 11.7 Å². The Bertz CT molecular complexity index is 1070. The van der Waals surface area contributed by atoms with Gasteiger partial charge in [0, 0.05) is 32.1 Å². The summed E-state index contributed by atoms with van der Waals surface area (Å²) >= 11 is 0. The van der Waals surface area contributed by atoms with Crippen molar-refractivity contribution in [3.63, 3.8) is 0 Å². The Morgan fingerprint density at radius 1 is 1.17 bits per heavy atom. The maximum Gasteiger partial charge on any atom is 0.451 e. The van der Waals surface area contributed by atoms with Gasteiger partial charge in [-0.1, -0.05) is 0 Å². The molecule has 0 spiro atoms. The lowest BCUT2D eigenvalue weighted by atomic mass is 10.1. The van der Waals surface area contributed by atoms with Gasteiger partial charge < -0.3 is 4.90 Å². The first-order valence-corrected chi connectivity index (χ1v) is 9.72. The maximum absolute atomic E-state index is 13.0. The highest BCUT2D eigenvalue weighted by Crippen LogP contribution is 2.38. The van der Waals surface area contributed by atoms with Crippen molar-refractivity contribution in [2.75, 3.05) is 13.1 Å². The largest absolute Gasteiger partial charge is 0.451 e. The number of aromatic nitrogens is 5. The van der Waals surface area contributed by atoms with Crippen molar-refractivity contribution in [1.82, 2.24) is 28.8 Å². The molecule has 0 atom stereocenters. The van der Waals surface area contributed by atoms with Gasteiger partial charge in [-0.3, -0.25) is 18.7 Å². The van der Waals surface area contributed by atoms with Crippen LogP contribution < -0.4 is 11.2 Å². The SMILES string of the molecule is Cn1c(C(F)(F)F)nn(C2CCN(C(=O)Cn3cnc(C4CC4)cc3=O)CC2)c1=O. The molecule has 0 aromatic carbocycles. The number of alkyl halides is 3. The number of hydrogen-bond acceptors (Lipinski definition) is 5. The molecule has 1 aliphatic heterocycles. The second kappa shape index (κ2) is 7.40. The lowest BCUT2D eigenvalue weighted by Crippen LogP contribution is -2.43. The van der Waals surface area contributed by atoms with Gasteiger partial charge >= 0.3 is 11.9 Å².